The summed E-state index contributed by atoms with van der Waals surface area (Å²) in [5.74, 6) is -3.75. The molecule has 0 amide bonds. The molecule has 12 nitrogen and oxygen atoms in total. The summed E-state index contributed by atoms with van der Waals surface area (Å²) in [7, 11) is -9.13. The van der Waals surface area contributed by atoms with E-state index in [1.54, 1.807) is 0 Å². The third-order valence-electron chi connectivity index (χ3n) is 4.96. The van der Waals surface area contributed by atoms with E-state index in [0.717, 1.165) is 12.1 Å². The van der Waals surface area contributed by atoms with Crippen molar-refractivity contribution in [2.75, 3.05) is 11.5 Å². The summed E-state index contributed by atoms with van der Waals surface area (Å²) < 4.78 is 65.0. The average Bonchev–Trinajstić information content (AvgIpc) is 2.68. The Balaban J connectivity index is 2.46. The molecule has 1 unspecified atom stereocenters. The first kappa shape index (κ1) is 27.9. The van der Waals surface area contributed by atoms with Gasteiger partial charge in [-0.3, -0.25) is 29.3 Å². The van der Waals surface area contributed by atoms with E-state index in [9.17, 15) is 46.2 Å². The molecule has 0 spiro atoms. The van der Waals surface area contributed by atoms with Gasteiger partial charge in [0.15, 0.2) is 0 Å². The zero-order chi connectivity index (χ0) is 25.8. The quantitative estimate of drug-likeness (QED) is 0.229. The lowest BCUT2D eigenvalue weighted by Gasteiger charge is -2.21. The second-order valence-electron chi connectivity index (χ2n) is 7.40. The largest absolute Gasteiger partial charge is 0.288 e. The molecule has 0 aromatic heterocycles. The van der Waals surface area contributed by atoms with Crippen molar-refractivity contribution in [2.24, 2.45) is 0 Å². The summed E-state index contributed by atoms with van der Waals surface area (Å²) in [5, 5.41) is 22.0. The van der Waals surface area contributed by atoms with Crippen LogP contribution < -0.4 is 0 Å². The summed E-state index contributed by atoms with van der Waals surface area (Å²) >= 11 is 11.6. The number of nitro groups is 2. The van der Waals surface area contributed by atoms with Crippen LogP contribution in [-0.2, 0) is 20.2 Å². The molecule has 0 fully saturated rings. The fraction of sp³-hybridized carbons (Fsp3) is 0.333. The molecule has 0 radical (unpaired) electrons. The number of rotatable bonds is 11. The third-order valence-corrected chi connectivity index (χ3v) is 7.25. The van der Waals surface area contributed by atoms with Gasteiger partial charge >= 0.3 is 0 Å². The highest BCUT2D eigenvalue weighted by Crippen LogP contribution is 2.36. The smallest absolute Gasteiger partial charge is 0.286 e. The van der Waals surface area contributed by atoms with Crippen LogP contribution in [0.2, 0.25) is 10.0 Å². The first-order valence-corrected chi connectivity index (χ1v) is 13.3. The van der Waals surface area contributed by atoms with Crippen molar-refractivity contribution in [1.29, 1.82) is 0 Å². The zero-order valence-electron chi connectivity index (χ0n) is 17.1. The van der Waals surface area contributed by atoms with Gasteiger partial charge in [0.25, 0.3) is 31.6 Å². The van der Waals surface area contributed by atoms with Gasteiger partial charge in [-0.05, 0) is 36.1 Å². The predicted octanol–water partition coefficient (Wildman–Crippen LogP) is 4.23. The van der Waals surface area contributed by atoms with E-state index in [1.165, 1.54) is 24.3 Å². The van der Waals surface area contributed by atoms with Gasteiger partial charge in [-0.15, -0.1) is 0 Å². The molecular weight excluding hydrogens is 539 g/mol. The fourth-order valence-corrected chi connectivity index (χ4v) is 5.56. The van der Waals surface area contributed by atoms with E-state index in [0.29, 0.717) is 0 Å². The minimum atomic E-state index is -4.56. The second kappa shape index (κ2) is 10.9. The van der Waals surface area contributed by atoms with Crippen LogP contribution >= 0.6 is 23.2 Å². The SMILES string of the molecule is O=[N+]([O-])c1cc(C(CC[C@@H](CS(=O)(=O)O)c2ccc(Cl)c([N+](=O)[O-])c2)CS(=O)(=O)O)ccc1Cl. The monoisotopic (exact) mass is 556 g/mol. The van der Waals surface area contributed by atoms with E-state index >= 15 is 0 Å². The van der Waals surface area contributed by atoms with E-state index in [1.807, 2.05) is 0 Å². The van der Waals surface area contributed by atoms with Crippen molar-refractivity contribution >= 4 is 54.8 Å². The third kappa shape index (κ3) is 8.14. The Bertz CT molecular complexity index is 1210. The predicted molar refractivity (Wildman–Crippen MR) is 124 cm³/mol. The van der Waals surface area contributed by atoms with Crippen LogP contribution in [0.3, 0.4) is 0 Å². The highest BCUT2D eigenvalue weighted by Gasteiger charge is 2.27. The van der Waals surface area contributed by atoms with Gasteiger partial charge in [-0.1, -0.05) is 35.3 Å². The van der Waals surface area contributed by atoms with E-state index in [2.05, 4.69) is 0 Å². The van der Waals surface area contributed by atoms with Gasteiger partial charge in [0.05, 0.1) is 21.4 Å². The van der Waals surface area contributed by atoms with Crippen molar-refractivity contribution in [2.45, 2.75) is 24.7 Å². The standard InChI is InChI=1S/C18H18Cl2N2O10S2/c19-15-5-3-11(7-17(15)21(23)24)13(9-33(27,28)29)1-2-14(10-34(30,31)32)12-4-6-16(20)18(8-12)22(25)26/h3-8,13-14H,1-2,9-10H2,(H,27,28,29)(H,30,31,32)/t13-,14?/m0/s1. The Morgan fingerprint density at radius 2 is 1.06 bits per heavy atom. The number of nitrogens with zero attached hydrogens (tertiary/aromatic N) is 2. The molecule has 2 atom stereocenters. The lowest BCUT2D eigenvalue weighted by molar-refractivity contribution is -0.384. The van der Waals surface area contributed by atoms with Crippen molar-refractivity contribution < 1.29 is 35.8 Å². The van der Waals surface area contributed by atoms with Gasteiger partial charge in [-0.2, -0.15) is 16.8 Å². The molecule has 0 aliphatic carbocycles. The number of benzene rings is 2. The molecule has 2 N–H and O–H groups in total. The first-order chi connectivity index (χ1) is 15.6. The van der Waals surface area contributed by atoms with Gasteiger partial charge < -0.3 is 0 Å². The maximum Gasteiger partial charge on any atom is 0.288 e. The van der Waals surface area contributed by atoms with Crippen LogP contribution in [0.1, 0.15) is 35.8 Å². The van der Waals surface area contributed by atoms with E-state index in [-0.39, 0.29) is 34.0 Å². The highest BCUT2D eigenvalue weighted by molar-refractivity contribution is 7.86. The van der Waals surface area contributed by atoms with Crippen LogP contribution in [-0.4, -0.2) is 47.3 Å². The Labute approximate surface area is 204 Å². The molecule has 0 saturated carbocycles. The van der Waals surface area contributed by atoms with Crippen LogP contribution in [0.5, 0.6) is 0 Å². The molecule has 0 heterocycles. The Hall–Kier alpha value is -2.36. The van der Waals surface area contributed by atoms with Gasteiger partial charge in [0.1, 0.15) is 10.0 Å². The molecule has 0 aliphatic rings. The van der Waals surface area contributed by atoms with Crippen LogP contribution in [0.4, 0.5) is 11.4 Å². The molecule has 0 aliphatic heterocycles. The van der Waals surface area contributed by atoms with E-state index in [4.69, 9.17) is 23.2 Å². The summed E-state index contributed by atoms with van der Waals surface area (Å²) in [6.45, 7) is 0. The molecule has 0 bridgehead atoms. The number of hydrogen-bond donors (Lipinski definition) is 2. The first-order valence-electron chi connectivity index (χ1n) is 9.35. The van der Waals surface area contributed by atoms with Crippen molar-refractivity contribution in [3.63, 3.8) is 0 Å². The second-order valence-corrected chi connectivity index (χ2v) is 11.2. The van der Waals surface area contributed by atoms with Crippen molar-refractivity contribution in [3.8, 4) is 0 Å². The molecule has 2 aromatic rings. The van der Waals surface area contributed by atoms with Crippen molar-refractivity contribution in [3.05, 3.63) is 77.8 Å². The number of halogens is 2. The maximum atomic E-state index is 11.6. The lowest BCUT2D eigenvalue weighted by Crippen LogP contribution is -2.18. The van der Waals surface area contributed by atoms with Gasteiger partial charge in [0.2, 0.25) is 0 Å². The Kier molecular flexibility index (Phi) is 8.96. The molecule has 2 aromatic carbocycles. The maximum absolute atomic E-state index is 11.6. The summed E-state index contributed by atoms with van der Waals surface area (Å²) in [5.41, 5.74) is -0.715. The molecule has 34 heavy (non-hydrogen) atoms. The minimum absolute atomic E-state index is 0.130. The average molecular weight is 557 g/mol. The van der Waals surface area contributed by atoms with Crippen molar-refractivity contribution in [1.82, 2.24) is 0 Å². The summed E-state index contributed by atoms with van der Waals surface area (Å²) in [4.78, 5) is 20.8. The molecule has 186 valence electrons. The topological polar surface area (TPSA) is 195 Å². The molecule has 16 heteroatoms. The Morgan fingerprint density at radius 1 is 0.735 bits per heavy atom. The van der Waals surface area contributed by atoms with Crippen LogP contribution in [0.25, 0.3) is 0 Å². The number of nitro benzene ring substituents is 2. The van der Waals surface area contributed by atoms with Crippen LogP contribution in [0, 0.1) is 20.2 Å². The normalized spacial score (nSPS) is 13.9. The summed E-state index contributed by atoms with van der Waals surface area (Å²) in [6, 6.07) is 7.12. The molecular formula is C18H18Cl2N2O10S2. The van der Waals surface area contributed by atoms with E-state index < -0.39 is 64.8 Å². The number of hydrogen-bond acceptors (Lipinski definition) is 8. The van der Waals surface area contributed by atoms with Gasteiger partial charge in [-0.25, -0.2) is 0 Å². The molecule has 2 rings (SSSR count). The fourth-order valence-electron chi connectivity index (χ4n) is 3.45. The molecule has 0 saturated heterocycles. The van der Waals surface area contributed by atoms with Crippen LogP contribution in [0.15, 0.2) is 36.4 Å². The summed E-state index contributed by atoms with van der Waals surface area (Å²) in [6.07, 6.45) is -0.260. The minimum Gasteiger partial charge on any atom is -0.286 e. The van der Waals surface area contributed by atoms with Gasteiger partial charge in [0, 0.05) is 24.0 Å². The lowest BCUT2D eigenvalue weighted by atomic mass is 9.88. The Morgan fingerprint density at radius 3 is 1.32 bits per heavy atom. The highest BCUT2D eigenvalue weighted by atomic mass is 35.5. The zero-order valence-corrected chi connectivity index (χ0v) is 20.2.